The van der Waals surface area contributed by atoms with Gasteiger partial charge in [-0.15, -0.1) is 11.3 Å². The van der Waals surface area contributed by atoms with Crippen molar-refractivity contribution in [2.24, 2.45) is 5.92 Å². The predicted octanol–water partition coefficient (Wildman–Crippen LogP) is 1.55. The molecule has 0 amide bonds. The molecule has 3 rings (SSSR count). The molecule has 2 aromatic rings. The summed E-state index contributed by atoms with van der Waals surface area (Å²) < 4.78 is 1.52. The maximum absolute atomic E-state index is 12.3. The Balaban J connectivity index is 1.64. The van der Waals surface area contributed by atoms with Crippen LogP contribution in [0.3, 0.4) is 0 Å². The number of nitrogens with zero attached hydrogens (tertiary/aromatic N) is 3. The Kier molecular flexibility index (Phi) is 4.37. The van der Waals surface area contributed by atoms with E-state index in [4.69, 9.17) is 0 Å². The second kappa shape index (κ2) is 6.25. The van der Waals surface area contributed by atoms with Crippen molar-refractivity contribution in [1.82, 2.24) is 14.5 Å². The fourth-order valence-electron chi connectivity index (χ4n) is 2.85. The molecule has 1 unspecified atom stereocenters. The van der Waals surface area contributed by atoms with Crippen LogP contribution >= 0.6 is 11.3 Å². The Labute approximate surface area is 127 Å². The summed E-state index contributed by atoms with van der Waals surface area (Å²) >= 11 is 1.46. The molecule has 2 aromatic heterocycles. The van der Waals surface area contributed by atoms with Gasteiger partial charge in [-0.1, -0.05) is 6.92 Å². The quantitative estimate of drug-likeness (QED) is 0.931. The third-order valence-corrected chi connectivity index (χ3v) is 5.02. The van der Waals surface area contributed by atoms with Crippen molar-refractivity contribution in [3.63, 3.8) is 0 Å². The van der Waals surface area contributed by atoms with E-state index in [0.29, 0.717) is 18.5 Å². The average molecular weight is 307 g/mol. The van der Waals surface area contributed by atoms with E-state index in [-0.39, 0.29) is 5.56 Å². The zero-order valence-corrected chi connectivity index (χ0v) is 13.1. The fraction of sp³-hybridized carbons (Fsp3) is 0.600. The van der Waals surface area contributed by atoms with Crippen molar-refractivity contribution in [2.45, 2.75) is 32.4 Å². The number of likely N-dealkylation sites (tertiary alicyclic amines) is 1. The smallest absolute Gasteiger partial charge is 0.262 e. The van der Waals surface area contributed by atoms with E-state index < -0.39 is 6.10 Å². The number of fused-ring (bicyclic) bond motifs is 1. The van der Waals surface area contributed by atoms with Gasteiger partial charge in [0.15, 0.2) is 0 Å². The van der Waals surface area contributed by atoms with E-state index in [2.05, 4.69) is 16.8 Å². The molecule has 5 nitrogen and oxygen atoms in total. The molecule has 3 heterocycles. The van der Waals surface area contributed by atoms with Crippen LogP contribution in [0.15, 0.2) is 22.6 Å². The third kappa shape index (κ3) is 3.33. The highest BCUT2D eigenvalue weighted by Crippen LogP contribution is 2.16. The first kappa shape index (κ1) is 14.7. The van der Waals surface area contributed by atoms with Crippen molar-refractivity contribution >= 4 is 21.6 Å². The highest BCUT2D eigenvalue weighted by Gasteiger charge is 2.19. The van der Waals surface area contributed by atoms with Gasteiger partial charge in [0, 0.05) is 6.54 Å². The lowest BCUT2D eigenvalue weighted by atomic mass is 9.99. The van der Waals surface area contributed by atoms with Gasteiger partial charge in [-0.25, -0.2) is 4.98 Å². The summed E-state index contributed by atoms with van der Waals surface area (Å²) in [6, 6.07) is 1.80. The lowest BCUT2D eigenvalue weighted by Crippen LogP contribution is -2.40. The molecule has 0 bridgehead atoms. The van der Waals surface area contributed by atoms with Crippen LogP contribution in [0.2, 0.25) is 0 Å². The molecule has 6 heteroatoms. The highest BCUT2D eigenvalue weighted by atomic mass is 32.1. The van der Waals surface area contributed by atoms with Crippen LogP contribution in [0.25, 0.3) is 10.2 Å². The third-order valence-electron chi connectivity index (χ3n) is 4.20. The number of hydrogen-bond donors (Lipinski definition) is 1. The van der Waals surface area contributed by atoms with Crippen molar-refractivity contribution in [3.8, 4) is 0 Å². The Morgan fingerprint density at radius 2 is 2.19 bits per heavy atom. The number of β-amino-alcohol motifs (C(OH)–C–C–N with tert-alkyl or cyclic N) is 1. The van der Waals surface area contributed by atoms with E-state index in [1.807, 2.05) is 5.38 Å². The maximum Gasteiger partial charge on any atom is 0.262 e. The number of aliphatic hydroxyl groups is 1. The molecular weight excluding hydrogens is 286 g/mol. The standard InChI is InChI=1S/C15H21N3O2S/c1-11-2-5-17(6-3-11)8-12(19)9-18-10-16-14-13(15(18)20)4-7-21-14/h4,7,10-12,19H,2-3,5-6,8-9H2,1H3. The molecule has 1 fully saturated rings. The van der Waals surface area contributed by atoms with E-state index in [0.717, 1.165) is 23.8 Å². The molecule has 1 saturated heterocycles. The minimum absolute atomic E-state index is 0.0624. The molecule has 1 N–H and O–H groups in total. The summed E-state index contributed by atoms with van der Waals surface area (Å²) in [4.78, 5) is 19.6. The monoisotopic (exact) mass is 307 g/mol. The van der Waals surface area contributed by atoms with Crippen LogP contribution < -0.4 is 5.56 Å². The van der Waals surface area contributed by atoms with Gasteiger partial charge in [-0.3, -0.25) is 9.36 Å². The number of thiophene rings is 1. The average Bonchev–Trinajstić information content (AvgIpc) is 2.94. The molecule has 21 heavy (non-hydrogen) atoms. The zero-order chi connectivity index (χ0) is 14.8. The normalized spacial score (nSPS) is 19.1. The summed E-state index contributed by atoms with van der Waals surface area (Å²) in [5, 5.41) is 12.8. The first-order chi connectivity index (χ1) is 10.1. The Bertz CT molecular complexity index is 658. The zero-order valence-electron chi connectivity index (χ0n) is 12.2. The minimum atomic E-state index is -0.533. The molecule has 114 valence electrons. The number of piperidine rings is 1. The van der Waals surface area contributed by atoms with Gasteiger partial charge >= 0.3 is 0 Å². The summed E-state index contributed by atoms with van der Waals surface area (Å²) in [6.07, 6.45) is 3.39. The molecule has 0 spiro atoms. The van der Waals surface area contributed by atoms with Crippen LogP contribution in [-0.4, -0.2) is 45.3 Å². The lowest BCUT2D eigenvalue weighted by Gasteiger charge is -2.31. The van der Waals surface area contributed by atoms with Crippen LogP contribution in [0.4, 0.5) is 0 Å². The molecule has 0 aliphatic carbocycles. The van der Waals surface area contributed by atoms with E-state index in [9.17, 15) is 9.90 Å². The molecule has 0 aromatic carbocycles. The highest BCUT2D eigenvalue weighted by molar-refractivity contribution is 7.16. The van der Waals surface area contributed by atoms with Crippen LogP contribution in [0.1, 0.15) is 19.8 Å². The second-order valence-electron chi connectivity index (χ2n) is 5.98. The van der Waals surface area contributed by atoms with Crippen molar-refractivity contribution in [3.05, 3.63) is 28.1 Å². The van der Waals surface area contributed by atoms with Crippen LogP contribution in [0, 0.1) is 5.92 Å². The van der Waals surface area contributed by atoms with Crippen molar-refractivity contribution in [2.75, 3.05) is 19.6 Å². The molecule has 1 aliphatic heterocycles. The number of aliphatic hydroxyl groups excluding tert-OH is 1. The Morgan fingerprint density at radius 1 is 1.43 bits per heavy atom. The first-order valence-electron chi connectivity index (χ1n) is 7.46. The van der Waals surface area contributed by atoms with E-state index in [1.54, 1.807) is 12.4 Å². The SMILES string of the molecule is CC1CCN(CC(O)Cn2cnc3sccc3c2=O)CC1. The topological polar surface area (TPSA) is 58.4 Å². The summed E-state index contributed by atoms with van der Waals surface area (Å²) in [5.41, 5.74) is -0.0624. The number of rotatable bonds is 4. The minimum Gasteiger partial charge on any atom is -0.390 e. The molecule has 0 radical (unpaired) electrons. The van der Waals surface area contributed by atoms with E-state index in [1.165, 1.54) is 28.7 Å². The van der Waals surface area contributed by atoms with Gasteiger partial charge in [0.25, 0.3) is 5.56 Å². The summed E-state index contributed by atoms with van der Waals surface area (Å²) in [5.74, 6) is 0.784. The summed E-state index contributed by atoms with van der Waals surface area (Å²) in [7, 11) is 0. The van der Waals surface area contributed by atoms with Gasteiger partial charge in [0.2, 0.25) is 0 Å². The van der Waals surface area contributed by atoms with Crippen molar-refractivity contribution < 1.29 is 5.11 Å². The second-order valence-corrected chi connectivity index (χ2v) is 6.87. The van der Waals surface area contributed by atoms with Gasteiger partial charge in [0.05, 0.1) is 24.4 Å². The van der Waals surface area contributed by atoms with Gasteiger partial charge in [0.1, 0.15) is 4.83 Å². The van der Waals surface area contributed by atoms with Crippen LogP contribution in [0.5, 0.6) is 0 Å². The van der Waals surface area contributed by atoms with Crippen molar-refractivity contribution in [1.29, 1.82) is 0 Å². The molecule has 0 saturated carbocycles. The molecule has 1 aliphatic rings. The van der Waals surface area contributed by atoms with E-state index >= 15 is 0 Å². The fourth-order valence-corrected chi connectivity index (χ4v) is 3.57. The van der Waals surface area contributed by atoms with Gasteiger partial charge < -0.3 is 10.0 Å². The maximum atomic E-state index is 12.3. The Hall–Kier alpha value is -1.24. The van der Waals surface area contributed by atoms with Crippen LogP contribution in [-0.2, 0) is 6.54 Å². The number of hydrogen-bond acceptors (Lipinski definition) is 5. The lowest BCUT2D eigenvalue weighted by molar-refractivity contribution is 0.0794. The van der Waals surface area contributed by atoms with Gasteiger partial charge in [-0.05, 0) is 43.3 Å². The molecule has 1 atom stereocenters. The number of aromatic nitrogens is 2. The molecular formula is C15H21N3O2S. The summed E-state index contributed by atoms with van der Waals surface area (Å²) in [6.45, 7) is 5.28. The largest absolute Gasteiger partial charge is 0.390 e. The van der Waals surface area contributed by atoms with Gasteiger partial charge in [-0.2, -0.15) is 0 Å². The predicted molar refractivity (Wildman–Crippen MR) is 84.7 cm³/mol. The first-order valence-corrected chi connectivity index (χ1v) is 8.34. The Morgan fingerprint density at radius 3 is 2.95 bits per heavy atom.